The average Bonchev–Trinajstić information content (AvgIpc) is 3.32. The van der Waals surface area contributed by atoms with Gasteiger partial charge in [-0.15, -0.1) is 0 Å². The van der Waals surface area contributed by atoms with Gasteiger partial charge in [-0.2, -0.15) is 18.3 Å². The van der Waals surface area contributed by atoms with Crippen LogP contribution in [-0.4, -0.2) is 32.1 Å². The first kappa shape index (κ1) is 23.4. The Kier molecular flexibility index (Phi) is 6.23. The van der Waals surface area contributed by atoms with Crippen LogP contribution in [0.2, 0.25) is 5.02 Å². The van der Waals surface area contributed by atoms with E-state index < -0.39 is 17.8 Å². The Morgan fingerprint density at radius 1 is 1.11 bits per heavy atom. The molecule has 2 aromatic heterocycles. The van der Waals surface area contributed by atoms with Gasteiger partial charge in [-0.05, 0) is 43.0 Å². The van der Waals surface area contributed by atoms with Gasteiger partial charge in [-0.25, -0.2) is 4.68 Å². The summed E-state index contributed by atoms with van der Waals surface area (Å²) in [6, 6.07) is 9.17. The van der Waals surface area contributed by atoms with E-state index in [9.17, 15) is 18.0 Å². The van der Waals surface area contributed by atoms with Gasteiger partial charge in [-0.3, -0.25) is 9.78 Å². The molecule has 0 unspecified atom stereocenters. The maximum absolute atomic E-state index is 13.5. The molecule has 1 aliphatic heterocycles. The lowest BCUT2D eigenvalue weighted by molar-refractivity contribution is -0.141. The van der Waals surface area contributed by atoms with Crippen molar-refractivity contribution < 1.29 is 18.0 Å². The van der Waals surface area contributed by atoms with Crippen molar-refractivity contribution in [2.24, 2.45) is 0 Å². The summed E-state index contributed by atoms with van der Waals surface area (Å²) in [6.07, 6.45) is 7.09. The number of pyridine rings is 1. The fourth-order valence-corrected chi connectivity index (χ4v) is 4.58. The molecule has 3 heterocycles. The molecule has 5 nitrogen and oxygen atoms in total. The number of alkyl halides is 3. The van der Waals surface area contributed by atoms with Crippen molar-refractivity contribution >= 4 is 29.7 Å². The number of benzene rings is 1. The molecule has 2 aliphatic rings. The smallest absolute Gasteiger partial charge is 0.333 e. The molecule has 9 heteroatoms. The van der Waals surface area contributed by atoms with E-state index in [0.717, 1.165) is 51.8 Å². The normalized spacial score (nSPS) is 18.6. The first-order chi connectivity index (χ1) is 16.8. The standard InChI is InChI=1S/C26H22ClF3N4O/c27-19-9-6-7-11-22(19)34-23(15-24(32-34)26(28,29)30)25(35)33-13-12-21-18(16-33)14-17-8-4-2-1-3-5-10-20(17)31-21/h2,4,6-11,14-15H,1,3,5,12-13,16H2/b4-2-,17-8-,20-10+. The number of nitrogens with zero attached hydrogens (tertiary/aromatic N) is 4. The number of allylic oxidation sites excluding steroid dienone is 2. The fourth-order valence-electron chi connectivity index (χ4n) is 4.36. The highest BCUT2D eigenvalue weighted by molar-refractivity contribution is 6.32. The molecular formula is C26H22ClF3N4O. The Hall–Kier alpha value is -3.39. The molecule has 0 atom stereocenters. The monoisotopic (exact) mass is 498 g/mol. The van der Waals surface area contributed by atoms with E-state index in [4.69, 9.17) is 16.6 Å². The third-order valence-electron chi connectivity index (χ3n) is 6.14. The molecular weight excluding hydrogens is 477 g/mol. The molecule has 0 radical (unpaired) electrons. The lowest BCUT2D eigenvalue weighted by Crippen LogP contribution is -2.40. The molecule has 5 rings (SSSR count). The van der Waals surface area contributed by atoms with E-state index >= 15 is 0 Å². The van der Waals surface area contributed by atoms with Gasteiger partial charge in [-0.1, -0.05) is 48.0 Å². The lowest BCUT2D eigenvalue weighted by Gasteiger charge is -2.28. The van der Waals surface area contributed by atoms with E-state index in [1.807, 2.05) is 18.2 Å². The molecule has 0 saturated heterocycles. The van der Waals surface area contributed by atoms with Gasteiger partial charge in [0.25, 0.3) is 5.91 Å². The zero-order chi connectivity index (χ0) is 24.6. The summed E-state index contributed by atoms with van der Waals surface area (Å²) in [4.78, 5) is 19.9. The molecule has 180 valence electrons. The molecule has 0 saturated carbocycles. The van der Waals surface area contributed by atoms with Crippen molar-refractivity contribution in [1.82, 2.24) is 19.7 Å². The second-order valence-electron chi connectivity index (χ2n) is 8.55. The summed E-state index contributed by atoms with van der Waals surface area (Å²) in [5, 5.41) is 5.79. The van der Waals surface area contributed by atoms with Crippen LogP contribution in [0.25, 0.3) is 17.8 Å². The van der Waals surface area contributed by atoms with Crippen molar-refractivity contribution in [3.05, 3.63) is 86.8 Å². The Labute approximate surface area is 204 Å². The largest absolute Gasteiger partial charge is 0.435 e. The summed E-state index contributed by atoms with van der Waals surface area (Å²) < 4.78 is 41.5. The van der Waals surface area contributed by atoms with Crippen molar-refractivity contribution in [2.45, 2.75) is 38.4 Å². The van der Waals surface area contributed by atoms with Gasteiger partial charge in [0.05, 0.1) is 16.1 Å². The minimum absolute atomic E-state index is 0.188. The minimum atomic E-state index is -4.70. The summed E-state index contributed by atoms with van der Waals surface area (Å²) in [5.41, 5.74) is 0.680. The lowest BCUT2D eigenvalue weighted by atomic mass is 10.0. The van der Waals surface area contributed by atoms with Gasteiger partial charge in [0.2, 0.25) is 0 Å². The molecule has 0 fully saturated rings. The van der Waals surface area contributed by atoms with Crippen LogP contribution in [0.1, 0.15) is 46.7 Å². The van der Waals surface area contributed by atoms with E-state index in [-0.39, 0.29) is 22.9 Å². The van der Waals surface area contributed by atoms with Gasteiger partial charge in [0.1, 0.15) is 5.69 Å². The molecule has 1 amide bonds. The van der Waals surface area contributed by atoms with Crippen molar-refractivity contribution in [2.75, 3.05) is 6.54 Å². The van der Waals surface area contributed by atoms with Crippen LogP contribution in [0.5, 0.6) is 0 Å². The van der Waals surface area contributed by atoms with Crippen LogP contribution < -0.4 is 10.6 Å². The number of carbonyl (C=O) groups excluding carboxylic acids is 1. The highest BCUT2D eigenvalue weighted by Crippen LogP contribution is 2.31. The summed E-state index contributed by atoms with van der Waals surface area (Å²) in [7, 11) is 0. The number of halogens is 4. The minimum Gasteiger partial charge on any atom is -0.333 e. The number of amides is 1. The fraction of sp³-hybridized carbons (Fsp3) is 0.269. The molecule has 0 bridgehead atoms. The highest BCUT2D eigenvalue weighted by atomic mass is 35.5. The molecule has 35 heavy (non-hydrogen) atoms. The summed E-state index contributed by atoms with van der Waals surface area (Å²) in [5.74, 6) is -0.544. The van der Waals surface area contributed by atoms with E-state index in [1.54, 1.807) is 18.2 Å². The maximum Gasteiger partial charge on any atom is 0.435 e. The average molecular weight is 499 g/mol. The van der Waals surface area contributed by atoms with E-state index in [1.165, 1.54) is 11.0 Å². The second-order valence-corrected chi connectivity index (χ2v) is 8.96. The number of hydrogen-bond donors (Lipinski definition) is 0. The Morgan fingerprint density at radius 2 is 1.94 bits per heavy atom. The third-order valence-corrected chi connectivity index (χ3v) is 6.46. The Morgan fingerprint density at radius 3 is 2.74 bits per heavy atom. The number of hydrogen-bond acceptors (Lipinski definition) is 3. The molecule has 1 aliphatic carbocycles. The number of rotatable bonds is 2. The Bertz CT molecular complexity index is 1440. The highest BCUT2D eigenvalue weighted by Gasteiger charge is 2.37. The summed E-state index contributed by atoms with van der Waals surface area (Å²) >= 11 is 6.23. The molecule has 1 aromatic carbocycles. The van der Waals surface area contributed by atoms with E-state index in [0.29, 0.717) is 13.0 Å². The predicted molar refractivity (Wildman–Crippen MR) is 127 cm³/mol. The van der Waals surface area contributed by atoms with E-state index in [2.05, 4.69) is 17.3 Å². The SMILES string of the molecule is O=C(c1cc(C(F)(F)F)nn1-c1ccccc1Cl)N1CCc2nc3/c(cc2C1)=C\C=C/CCC\C=3. The predicted octanol–water partition coefficient (Wildman–Crippen LogP) is 4.44. The van der Waals surface area contributed by atoms with Crippen LogP contribution in [0.3, 0.4) is 0 Å². The van der Waals surface area contributed by atoms with Crippen LogP contribution >= 0.6 is 11.6 Å². The van der Waals surface area contributed by atoms with Gasteiger partial charge in [0.15, 0.2) is 5.69 Å². The summed E-state index contributed by atoms with van der Waals surface area (Å²) in [6.45, 7) is 0.595. The molecule has 0 spiro atoms. The third kappa shape index (κ3) is 4.75. The first-order valence-corrected chi connectivity index (χ1v) is 11.8. The number of carbonyl (C=O) groups is 1. The van der Waals surface area contributed by atoms with Crippen LogP contribution in [0.15, 0.2) is 48.6 Å². The second kappa shape index (κ2) is 9.34. The molecule has 3 aromatic rings. The van der Waals surface area contributed by atoms with Gasteiger partial charge >= 0.3 is 6.18 Å². The van der Waals surface area contributed by atoms with Crippen LogP contribution in [-0.2, 0) is 19.1 Å². The van der Waals surface area contributed by atoms with Crippen LogP contribution in [0, 0.1) is 0 Å². The number of para-hydroxylation sites is 1. The maximum atomic E-state index is 13.5. The Balaban J connectivity index is 1.53. The number of fused-ring (bicyclic) bond motifs is 2. The molecule has 0 N–H and O–H groups in total. The van der Waals surface area contributed by atoms with Crippen molar-refractivity contribution in [3.63, 3.8) is 0 Å². The quantitative estimate of drug-likeness (QED) is 0.525. The zero-order valence-electron chi connectivity index (χ0n) is 18.7. The topological polar surface area (TPSA) is 51.0 Å². The zero-order valence-corrected chi connectivity index (χ0v) is 19.5. The number of aromatic nitrogens is 3. The van der Waals surface area contributed by atoms with Crippen molar-refractivity contribution in [1.29, 1.82) is 0 Å². The van der Waals surface area contributed by atoms with Gasteiger partial charge in [0, 0.05) is 36.5 Å². The first-order valence-electron chi connectivity index (χ1n) is 11.4. The van der Waals surface area contributed by atoms with Gasteiger partial charge < -0.3 is 4.90 Å². The van der Waals surface area contributed by atoms with Crippen molar-refractivity contribution in [3.8, 4) is 5.69 Å². The van der Waals surface area contributed by atoms with Crippen LogP contribution in [0.4, 0.5) is 13.2 Å².